The van der Waals surface area contributed by atoms with Gasteiger partial charge in [-0.1, -0.05) is 61.9 Å². The minimum Gasteiger partial charge on any atom is -0.481 e. The molecular weight excluding hydrogens is 465 g/mol. The molecule has 3 N–H and O–H groups in total. The summed E-state index contributed by atoms with van der Waals surface area (Å²) in [4.78, 5) is 36.0. The summed E-state index contributed by atoms with van der Waals surface area (Å²) >= 11 is 0. The number of fused-ring (bicyclic) bond motifs is 3. The van der Waals surface area contributed by atoms with E-state index in [-0.39, 0.29) is 18.9 Å². The second-order valence-electron chi connectivity index (χ2n) is 8.43. The average Bonchev–Trinajstić information content (AvgIpc) is 3.10. The summed E-state index contributed by atoms with van der Waals surface area (Å²) in [6.45, 7) is 1.63. The van der Waals surface area contributed by atoms with Crippen LogP contribution in [0.1, 0.15) is 49.7 Å². The topological polar surface area (TPSA) is 105 Å². The van der Waals surface area contributed by atoms with Gasteiger partial charge in [0.25, 0.3) is 0 Å². The molecule has 2 amide bonds. The van der Waals surface area contributed by atoms with Crippen LogP contribution in [0.5, 0.6) is 0 Å². The van der Waals surface area contributed by atoms with Gasteiger partial charge in [-0.3, -0.25) is 9.59 Å². The first-order valence-corrected chi connectivity index (χ1v) is 11.3. The predicted molar refractivity (Wildman–Crippen MR) is 122 cm³/mol. The highest BCUT2D eigenvalue weighted by atomic mass is 19.4. The van der Waals surface area contributed by atoms with Gasteiger partial charge in [-0.05, 0) is 28.7 Å². The van der Waals surface area contributed by atoms with Crippen molar-refractivity contribution in [1.29, 1.82) is 0 Å². The van der Waals surface area contributed by atoms with Crippen molar-refractivity contribution in [2.24, 2.45) is 0 Å². The molecule has 0 aliphatic heterocycles. The van der Waals surface area contributed by atoms with E-state index in [9.17, 15) is 27.6 Å². The Bertz CT molecular complexity index is 1030. The second kappa shape index (κ2) is 11.2. The van der Waals surface area contributed by atoms with Gasteiger partial charge in [0.2, 0.25) is 5.91 Å². The number of alkyl carbamates (subject to hydrolysis) is 1. The standard InChI is InChI=1S/C25H27F3N2O5/c1-2-7-15(12-22(31)32)29-23(33)21(13-25(26,27)28)30-24(34)35-14-20-18-10-5-3-8-16(18)17-9-4-6-11-19(17)20/h3-6,8-11,15,20-21H,2,7,12-14H2,1H3,(H,29,33)(H,30,34)(H,31,32). The Kier molecular flexibility index (Phi) is 8.37. The van der Waals surface area contributed by atoms with E-state index in [4.69, 9.17) is 9.84 Å². The SMILES string of the molecule is CCCC(CC(=O)O)NC(=O)C(CC(F)(F)F)NC(=O)OCC1c2ccccc2-c2ccccc21. The number of halogens is 3. The Labute approximate surface area is 200 Å². The number of benzene rings is 2. The quantitative estimate of drug-likeness (QED) is 0.450. The lowest BCUT2D eigenvalue weighted by atomic mass is 9.98. The molecule has 35 heavy (non-hydrogen) atoms. The fourth-order valence-corrected chi connectivity index (χ4v) is 4.31. The molecule has 2 aromatic rings. The summed E-state index contributed by atoms with van der Waals surface area (Å²) in [5.41, 5.74) is 3.85. The Morgan fingerprint density at radius 1 is 1.00 bits per heavy atom. The average molecular weight is 492 g/mol. The lowest BCUT2D eigenvalue weighted by Gasteiger charge is -2.23. The first-order chi connectivity index (χ1) is 16.6. The lowest BCUT2D eigenvalue weighted by Crippen LogP contribution is -2.51. The maximum atomic E-state index is 13.1. The van der Waals surface area contributed by atoms with Crippen molar-refractivity contribution in [1.82, 2.24) is 10.6 Å². The van der Waals surface area contributed by atoms with E-state index in [2.05, 4.69) is 5.32 Å². The highest BCUT2D eigenvalue weighted by Gasteiger charge is 2.37. The van der Waals surface area contributed by atoms with E-state index in [0.717, 1.165) is 22.3 Å². The molecule has 2 unspecified atom stereocenters. The molecule has 0 fully saturated rings. The van der Waals surface area contributed by atoms with Crippen LogP contribution in [0.3, 0.4) is 0 Å². The van der Waals surface area contributed by atoms with E-state index in [1.807, 2.05) is 53.8 Å². The summed E-state index contributed by atoms with van der Waals surface area (Å²) in [6, 6.07) is 12.4. The number of ether oxygens (including phenoxy) is 1. The molecule has 10 heteroatoms. The highest BCUT2D eigenvalue weighted by Crippen LogP contribution is 2.44. The number of alkyl halides is 3. The Balaban J connectivity index is 1.68. The van der Waals surface area contributed by atoms with Crippen LogP contribution in [0.4, 0.5) is 18.0 Å². The number of carboxylic acid groups (broad SMARTS) is 1. The molecule has 1 aliphatic rings. The number of nitrogens with one attached hydrogen (secondary N) is 2. The highest BCUT2D eigenvalue weighted by molar-refractivity contribution is 5.86. The van der Waals surface area contributed by atoms with Crippen molar-refractivity contribution in [2.45, 2.75) is 56.8 Å². The van der Waals surface area contributed by atoms with Crippen LogP contribution >= 0.6 is 0 Å². The summed E-state index contributed by atoms with van der Waals surface area (Å²) in [5.74, 6) is -2.61. The summed E-state index contributed by atoms with van der Waals surface area (Å²) in [7, 11) is 0. The van der Waals surface area contributed by atoms with E-state index in [1.165, 1.54) is 0 Å². The van der Waals surface area contributed by atoms with Crippen LogP contribution in [0.2, 0.25) is 0 Å². The predicted octanol–water partition coefficient (Wildman–Crippen LogP) is 4.61. The van der Waals surface area contributed by atoms with Gasteiger partial charge in [0.05, 0.1) is 12.8 Å². The second-order valence-corrected chi connectivity index (χ2v) is 8.43. The van der Waals surface area contributed by atoms with Crippen LogP contribution in [0, 0.1) is 0 Å². The van der Waals surface area contributed by atoms with Gasteiger partial charge in [-0.15, -0.1) is 0 Å². The first kappa shape index (κ1) is 26.1. The maximum Gasteiger partial charge on any atom is 0.407 e. The van der Waals surface area contributed by atoms with Gasteiger partial charge in [0, 0.05) is 12.0 Å². The molecule has 0 saturated carbocycles. The minimum atomic E-state index is -4.74. The number of hydrogen-bond acceptors (Lipinski definition) is 4. The van der Waals surface area contributed by atoms with Gasteiger partial charge < -0.3 is 20.5 Å². The van der Waals surface area contributed by atoms with Crippen molar-refractivity contribution in [2.75, 3.05) is 6.61 Å². The van der Waals surface area contributed by atoms with E-state index < -0.39 is 49.1 Å². The molecule has 0 bridgehead atoms. The maximum absolute atomic E-state index is 13.1. The van der Waals surface area contributed by atoms with Crippen molar-refractivity contribution < 1.29 is 37.4 Å². The molecule has 2 aromatic carbocycles. The van der Waals surface area contributed by atoms with E-state index >= 15 is 0 Å². The van der Waals surface area contributed by atoms with Crippen LogP contribution in [-0.2, 0) is 14.3 Å². The monoisotopic (exact) mass is 492 g/mol. The molecule has 7 nitrogen and oxygen atoms in total. The van der Waals surface area contributed by atoms with Crippen molar-refractivity contribution in [3.05, 3.63) is 59.7 Å². The number of rotatable bonds is 10. The molecule has 1 aliphatic carbocycles. The van der Waals surface area contributed by atoms with Crippen LogP contribution in [0.25, 0.3) is 11.1 Å². The Morgan fingerprint density at radius 2 is 1.57 bits per heavy atom. The fraction of sp³-hybridized carbons (Fsp3) is 0.400. The molecular formula is C25H27F3N2O5. The third-order valence-electron chi connectivity index (χ3n) is 5.79. The molecule has 2 atom stereocenters. The smallest absolute Gasteiger partial charge is 0.407 e. The third-order valence-corrected chi connectivity index (χ3v) is 5.79. The Hall–Kier alpha value is -3.56. The van der Waals surface area contributed by atoms with Crippen LogP contribution in [-0.4, -0.2) is 47.9 Å². The molecule has 3 rings (SSSR count). The normalized spacial score (nSPS) is 14.4. The fourth-order valence-electron chi connectivity index (χ4n) is 4.31. The number of carboxylic acids is 1. The molecule has 0 saturated heterocycles. The van der Waals surface area contributed by atoms with Gasteiger partial charge in [-0.25, -0.2) is 4.79 Å². The first-order valence-electron chi connectivity index (χ1n) is 11.3. The van der Waals surface area contributed by atoms with Gasteiger partial charge >= 0.3 is 18.2 Å². The Morgan fingerprint density at radius 3 is 2.09 bits per heavy atom. The molecule has 0 spiro atoms. The number of carbonyl (C=O) groups is 3. The third kappa shape index (κ3) is 6.97. The zero-order valence-electron chi connectivity index (χ0n) is 19.1. The minimum absolute atomic E-state index is 0.127. The summed E-state index contributed by atoms with van der Waals surface area (Å²) < 4.78 is 44.6. The number of carbonyl (C=O) groups excluding carboxylic acids is 2. The molecule has 188 valence electrons. The largest absolute Gasteiger partial charge is 0.481 e. The zero-order chi connectivity index (χ0) is 25.6. The van der Waals surface area contributed by atoms with Gasteiger partial charge in [-0.2, -0.15) is 13.2 Å². The lowest BCUT2D eigenvalue weighted by molar-refractivity contribution is -0.149. The van der Waals surface area contributed by atoms with Crippen molar-refractivity contribution in [3.8, 4) is 11.1 Å². The number of amides is 2. The van der Waals surface area contributed by atoms with Crippen molar-refractivity contribution in [3.63, 3.8) is 0 Å². The van der Waals surface area contributed by atoms with Gasteiger partial charge in [0.15, 0.2) is 0 Å². The van der Waals surface area contributed by atoms with Crippen molar-refractivity contribution >= 4 is 18.0 Å². The van der Waals surface area contributed by atoms with Crippen LogP contribution in [0.15, 0.2) is 48.5 Å². The zero-order valence-corrected chi connectivity index (χ0v) is 19.1. The number of hydrogen-bond donors (Lipinski definition) is 3. The number of aliphatic carboxylic acids is 1. The van der Waals surface area contributed by atoms with Gasteiger partial charge in [0.1, 0.15) is 12.6 Å². The van der Waals surface area contributed by atoms with E-state index in [1.54, 1.807) is 6.92 Å². The van der Waals surface area contributed by atoms with E-state index in [0.29, 0.717) is 6.42 Å². The molecule has 0 aromatic heterocycles. The summed E-state index contributed by atoms with van der Waals surface area (Å²) in [5, 5.41) is 13.3. The summed E-state index contributed by atoms with van der Waals surface area (Å²) in [6.07, 6.45) is -7.19. The van der Waals surface area contributed by atoms with Crippen LogP contribution < -0.4 is 10.6 Å². The molecule has 0 heterocycles. The molecule has 0 radical (unpaired) electrons.